The van der Waals surface area contributed by atoms with E-state index in [0.29, 0.717) is 38.5 Å². The van der Waals surface area contributed by atoms with Crippen LogP contribution >= 0.6 is 0 Å². The summed E-state index contributed by atoms with van der Waals surface area (Å²) in [7, 11) is 0. The first kappa shape index (κ1) is 32.2. The van der Waals surface area contributed by atoms with Gasteiger partial charge in [0.2, 0.25) is 11.6 Å². The SMILES string of the molecule is CC(C)(CCCCCOC(=O)C(=O)CCC(=O)O)OC(=O)C(=O)CCC(=O)OCCCCCCO. The number of hydrogen-bond acceptors (Lipinski definition) is 10. The highest BCUT2D eigenvalue weighted by molar-refractivity contribution is 6.34. The molecular weight excluding hydrogens is 464 g/mol. The molecule has 0 aliphatic rings. The second-order valence-corrected chi connectivity index (χ2v) is 8.69. The van der Waals surface area contributed by atoms with Crippen molar-refractivity contribution in [2.24, 2.45) is 0 Å². The third kappa shape index (κ3) is 18.2. The molecule has 11 nitrogen and oxygen atoms in total. The molecule has 0 atom stereocenters. The van der Waals surface area contributed by atoms with Crippen LogP contribution in [0.4, 0.5) is 0 Å². The Hall–Kier alpha value is -2.82. The van der Waals surface area contributed by atoms with Gasteiger partial charge in [-0.25, -0.2) is 9.59 Å². The molecule has 35 heavy (non-hydrogen) atoms. The molecule has 0 amide bonds. The molecule has 0 heterocycles. The summed E-state index contributed by atoms with van der Waals surface area (Å²) in [4.78, 5) is 68.9. The minimum Gasteiger partial charge on any atom is -0.481 e. The van der Waals surface area contributed by atoms with Crippen molar-refractivity contribution in [2.75, 3.05) is 19.8 Å². The molecule has 0 spiro atoms. The summed E-state index contributed by atoms with van der Waals surface area (Å²) in [5, 5.41) is 17.2. The molecule has 0 saturated carbocycles. The van der Waals surface area contributed by atoms with Crippen LogP contribution in [0.25, 0.3) is 0 Å². The Kier molecular flexibility index (Phi) is 17.0. The van der Waals surface area contributed by atoms with Gasteiger partial charge in [-0.3, -0.25) is 19.2 Å². The zero-order valence-corrected chi connectivity index (χ0v) is 20.7. The lowest BCUT2D eigenvalue weighted by Crippen LogP contribution is -2.32. The molecule has 0 radical (unpaired) electrons. The van der Waals surface area contributed by atoms with Crippen molar-refractivity contribution < 1.29 is 53.2 Å². The molecule has 0 aliphatic heterocycles. The fraction of sp³-hybridized carbons (Fsp3) is 0.750. The van der Waals surface area contributed by atoms with E-state index in [1.165, 1.54) is 0 Å². The van der Waals surface area contributed by atoms with Gasteiger partial charge in [0.05, 0.1) is 26.1 Å². The van der Waals surface area contributed by atoms with Gasteiger partial charge < -0.3 is 24.4 Å². The number of carboxylic acid groups (broad SMARTS) is 1. The highest BCUT2D eigenvalue weighted by Crippen LogP contribution is 2.19. The summed E-state index contributed by atoms with van der Waals surface area (Å²) in [6, 6.07) is 0. The maximum absolute atomic E-state index is 12.0. The zero-order chi connectivity index (χ0) is 26.7. The summed E-state index contributed by atoms with van der Waals surface area (Å²) in [6.07, 6.45) is 3.82. The first-order chi connectivity index (χ1) is 16.5. The van der Waals surface area contributed by atoms with Crippen molar-refractivity contribution in [1.82, 2.24) is 0 Å². The molecule has 200 valence electrons. The van der Waals surface area contributed by atoms with Gasteiger partial charge in [0.1, 0.15) is 5.60 Å². The van der Waals surface area contributed by atoms with Gasteiger partial charge in [-0.2, -0.15) is 0 Å². The van der Waals surface area contributed by atoms with Gasteiger partial charge in [0, 0.05) is 19.4 Å². The fourth-order valence-corrected chi connectivity index (χ4v) is 2.90. The van der Waals surface area contributed by atoms with Gasteiger partial charge in [-0.1, -0.05) is 6.42 Å². The van der Waals surface area contributed by atoms with Crippen LogP contribution < -0.4 is 0 Å². The molecule has 0 aliphatic carbocycles. The largest absolute Gasteiger partial charge is 0.481 e. The maximum atomic E-state index is 12.0. The highest BCUT2D eigenvalue weighted by Gasteiger charge is 2.27. The minimum atomic E-state index is -1.17. The summed E-state index contributed by atoms with van der Waals surface area (Å²) < 4.78 is 15.1. The number of carbonyl (C=O) groups is 6. The molecule has 0 rings (SSSR count). The predicted molar refractivity (Wildman–Crippen MR) is 122 cm³/mol. The number of aliphatic hydroxyl groups excluding tert-OH is 1. The number of carbonyl (C=O) groups excluding carboxylic acids is 5. The Morgan fingerprint density at radius 3 is 1.83 bits per heavy atom. The number of aliphatic carboxylic acids is 1. The number of Topliss-reactive ketones (excluding diaryl/α,β-unsaturated/α-hetero) is 2. The van der Waals surface area contributed by atoms with E-state index in [1.54, 1.807) is 13.8 Å². The van der Waals surface area contributed by atoms with Crippen LogP contribution in [0.15, 0.2) is 0 Å². The van der Waals surface area contributed by atoms with Gasteiger partial charge in [-0.15, -0.1) is 0 Å². The van der Waals surface area contributed by atoms with E-state index in [9.17, 15) is 28.8 Å². The van der Waals surface area contributed by atoms with Crippen LogP contribution in [0, 0.1) is 0 Å². The highest BCUT2D eigenvalue weighted by atomic mass is 16.6. The van der Waals surface area contributed by atoms with Gasteiger partial charge in [0.25, 0.3) is 0 Å². The Balaban J connectivity index is 4.00. The third-order valence-electron chi connectivity index (χ3n) is 4.92. The topological polar surface area (TPSA) is 171 Å². The van der Waals surface area contributed by atoms with Crippen molar-refractivity contribution in [1.29, 1.82) is 0 Å². The standard InChI is InChI=1S/C24H38O11/c1-24(2,14-6-5-9-17-34-22(31)18(26)10-12-20(28)29)35-23(32)19(27)11-13-21(30)33-16-8-4-3-7-15-25/h25H,3-17H2,1-2H3,(H,28,29). The zero-order valence-electron chi connectivity index (χ0n) is 20.7. The number of unbranched alkanes of at least 4 members (excludes halogenated alkanes) is 5. The first-order valence-electron chi connectivity index (χ1n) is 11.9. The summed E-state index contributed by atoms with van der Waals surface area (Å²) in [5.41, 5.74) is -0.911. The first-order valence-corrected chi connectivity index (χ1v) is 11.9. The van der Waals surface area contributed by atoms with Crippen molar-refractivity contribution in [3.05, 3.63) is 0 Å². The quantitative estimate of drug-likeness (QED) is 0.102. The molecule has 11 heteroatoms. The molecule has 0 saturated heterocycles. The van der Waals surface area contributed by atoms with Crippen molar-refractivity contribution >= 4 is 35.4 Å². The monoisotopic (exact) mass is 502 g/mol. The Bertz CT molecular complexity index is 712. The van der Waals surface area contributed by atoms with Crippen molar-refractivity contribution in [3.8, 4) is 0 Å². The number of aliphatic hydroxyl groups is 1. The second kappa shape index (κ2) is 18.5. The molecule has 0 aromatic rings. The number of esters is 3. The van der Waals surface area contributed by atoms with Gasteiger partial charge in [-0.05, 0) is 58.8 Å². The van der Waals surface area contributed by atoms with E-state index in [4.69, 9.17) is 24.4 Å². The number of rotatable bonds is 21. The van der Waals surface area contributed by atoms with E-state index in [2.05, 4.69) is 0 Å². The maximum Gasteiger partial charge on any atom is 0.375 e. The average Bonchev–Trinajstić information content (AvgIpc) is 2.79. The van der Waals surface area contributed by atoms with Gasteiger partial charge in [0.15, 0.2) is 0 Å². The van der Waals surface area contributed by atoms with E-state index >= 15 is 0 Å². The summed E-state index contributed by atoms with van der Waals surface area (Å²) >= 11 is 0. The molecule has 0 unspecified atom stereocenters. The lowest BCUT2D eigenvalue weighted by atomic mass is 10.00. The van der Waals surface area contributed by atoms with Crippen molar-refractivity contribution in [2.45, 2.75) is 96.5 Å². The molecule has 0 aromatic heterocycles. The van der Waals surface area contributed by atoms with Crippen molar-refractivity contribution in [3.63, 3.8) is 0 Å². The predicted octanol–water partition coefficient (Wildman–Crippen LogP) is 2.29. The normalized spacial score (nSPS) is 10.9. The number of carboxylic acids is 1. The smallest absolute Gasteiger partial charge is 0.375 e. The summed E-state index contributed by atoms with van der Waals surface area (Å²) in [6.45, 7) is 3.69. The van der Waals surface area contributed by atoms with Crippen LogP contribution in [0.5, 0.6) is 0 Å². The van der Waals surface area contributed by atoms with Crippen LogP contribution in [0.3, 0.4) is 0 Å². The minimum absolute atomic E-state index is 0.00903. The van der Waals surface area contributed by atoms with E-state index in [0.717, 1.165) is 12.8 Å². The summed E-state index contributed by atoms with van der Waals surface area (Å²) in [5.74, 6) is -5.49. The molecule has 2 N–H and O–H groups in total. The Labute approximate surface area is 205 Å². The van der Waals surface area contributed by atoms with Gasteiger partial charge >= 0.3 is 23.9 Å². The van der Waals surface area contributed by atoms with Crippen LogP contribution in [0.2, 0.25) is 0 Å². The Morgan fingerprint density at radius 2 is 1.20 bits per heavy atom. The number of ketones is 2. The van der Waals surface area contributed by atoms with Crippen LogP contribution in [-0.2, 0) is 43.0 Å². The Morgan fingerprint density at radius 1 is 0.657 bits per heavy atom. The molecule has 0 bridgehead atoms. The lowest BCUT2D eigenvalue weighted by Gasteiger charge is -2.24. The second-order valence-electron chi connectivity index (χ2n) is 8.69. The molecular formula is C24H38O11. The van der Waals surface area contributed by atoms with Crippen LogP contribution in [-0.4, -0.2) is 71.1 Å². The number of hydrogen-bond donors (Lipinski definition) is 2. The van der Waals surface area contributed by atoms with E-state index in [1.807, 2.05) is 0 Å². The lowest BCUT2D eigenvalue weighted by molar-refractivity contribution is -0.164. The van der Waals surface area contributed by atoms with E-state index < -0.39 is 53.9 Å². The molecule has 0 aromatic carbocycles. The average molecular weight is 503 g/mol. The van der Waals surface area contributed by atoms with Crippen LogP contribution in [0.1, 0.15) is 90.9 Å². The fourth-order valence-electron chi connectivity index (χ4n) is 2.90. The van der Waals surface area contributed by atoms with E-state index in [-0.39, 0.29) is 32.7 Å². The third-order valence-corrected chi connectivity index (χ3v) is 4.92. The molecule has 0 fully saturated rings. The number of ether oxygens (including phenoxy) is 3.